The van der Waals surface area contributed by atoms with Crippen molar-refractivity contribution in [3.63, 3.8) is 0 Å². The molecule has 0 amide bonds. The molecule has 1 fully saturated rings. The summed E-state index contributed by atoms with van der Waals surface area (Å²) in [5.41, 5.74) is -0.159. The van der Waals surface area contributed by atoms with Gasteiger partial charge in [0, 0.05) is 6.04 Å². The van der Waals surface area contributed by atoms with Gasteiger partial charge in [-0.1, -0.05) is 0 Å². The van der Waals surface area contributed by atoms with E-state index < -0.39 is 0 Å². The Morgan fingerprint density at radius 3 is 2.47 bits per heavy atom. The predicted octanol–water partition coefficient (Wildman–Crippen LogP) is 2.34. The lowest BCUT2D eigenvalue weighted by atomic mass is 9.89. The molecule has 0 N–H and O–H groups in total. The number of nitrogens with zero attached hydrogens (tertiary/aromatic N) is 3. The van der Waals surface area contributed by atoms with E-state index in [0.717, 1.165) is 25.4 Å². The summed E-state index contributed by atoms with van der Waals surface area (Å²) in [6.07, 6.45) is 4.70. The molecule has 0 spiro atoms. The van der Waals surface area contributed by atoms with Gasteiger partial charge in [-0.2, -0.15) is 5.26 Å². The second-order valence-electron chi connectivity index (χ2n) is 6.11. The lowest BCUT2D eigenvalue weighted by molar-refractivity contribution is 0.140. The van der Waals surface area contributed by atoms with Crippen LogP contribution in [-0.2, 0) is 0 Å². The van der Waals surface area contributed by atoms with Gasteiger partial charge in [0.05, 0.1) is 11.5 Å². The van der Waals surface area contributed by atoms with Crippen LogP contribution in [0.3, 0.4) is 0 Å². The van der Waals surface area contributed by atoms with Crippen LogP contribution in [0.2, 0.25) is 0 Å². The first-order valence-electron chi connectivity index (χ1n) is 6.74. The van der Waals surface area contributed by atoms with Crippen LogP contribution in [0.4, 0.5) is 0 Å². The molecular formula is C14H27N3. The number of likely N-dealkylation sites (tertiary alicyclic amines) is 1. The molecule has 0 aromatic rings. The number of hydrogen-bond donors (Lipinski definition) is 0. The van der Waals surface area contributed by atoms with Crippen LogP contribution in [0.5, 0.6) is 0 Å². The highest BCUT2D eigenvalue weighted by Crippen LogP contribution is 2.21. The molecule has 17 heavy (non-hydrogen) atoms. The van der Waals surface area contributed by atoms with Crippen molar-refractivity contribution < 1.29 is 0 Å². The van der Waals surface area contributed by atoms with Gasteiger partial charge in [0.1, 0.15) is 0 Å². The molecule has 98 valence electrons. The fourth-order valence-corrected chi connectivity index (χ4v) is 2.44. The molecule has 1 saturated heterocycles. The Hall–Kier alpha value is -0.590. The van der Waals surface area contributed by atoms with Crippen LogP contribution in [0.15, 0.2) is 0 Å². The standard InChI is InChI=1S/C14H27N3/c1-14(2,12-15)8-5-9-17(4)13-6-10-16(3)11-7-13/h13H,5-11H2,1-4H3. The zero-order valence-electron chi connectivity index (χ0n) is 11.9. The molecule has 0 aromatic carbocycles. The van der Waals surface area contributed by atoms with Crippen LogP contribution in [0.1, 0.15) is 39.5 Å². The van der Waals surface area contributed by atoms with Crippen LogP contribution < -0.4 is 0 Å². The van der Waals surface area contributed by atoms with Gasteiger partial charge in [0.2, 0.25) is 0 Å². The van der Waals surface area contributed by atoms with E-state index in [9.17, 15) is 0 Å². The maximum atomic E-state index is 8.97. The van der Waals surface area contributed by atoms with E-state index in [0.29, 0.717) is 0 Å². The Morgan fingerprint density at radius 2 is 1.94 bits per heavy atom. The molecule has 0 bridgehead atoms. The maximum absolute atomic E-state index is 8.97. The van der Waals surface area contributed by atoms with Gasteiger partial charge in [0.15, 0.2) is 0 Å². The van der Waals surface area contributed by atoms with Gasteiger partial charge in [-0.05, 0) is 73.3 Å². The van der Waals surface area contributed by atoms with Crippen LogP contribution in [-0.4, -0.2) is 49.6 Å². The smallest absolute Gasteiger partial charge is 0.0683 e. The van der Waals surface area contributed by atoms with Crippen molar-refractivity contribution in [2.75, 3.05) is 33.7 Å². The zero-order valence-corrected chi connectivity index (χ0v) is 11.9. The maximum Gasteiger partial charge on any atom is 0.0683 e. The van der Waals surface area contributed by atoms with Gasteiger partial charge >= 0.3 is 0 Å². The normalized spacial score (nSPS) is 19.5. The summed E-state index contributed by atoms with van der Waals surface area (Å²) in [7, 11) is 4.43. The van der Waals surface area contributed by atoms with Crippen molar-refractivity contribution in [1.29, 1.82) is 5.26 Å². The minimum atomic E-state index is -0.159. The third kappa shape index (κ3) is 5.06. The number of hydrogen-bond acceptors (Lipinski definition) is 3. The summed E-state index contributed by atoms with van der Waals surface area (Å²) < 4.78 is 0. The second kappa shape index (κ2) is 6.37. The Kier molecular flexibility index (Phi) is 5.42. The van der Waals surface area contributed by atoms with E-state index in [1.54, 1.807) is 0 Å². The summed E-state index contributed by atoms with van der Waals surface area (Å²) >= 11 is 0. The molecule has 3 nitrogen and oxygen atoms in total. The van der Waals surface area contributed by atoms with Gasteiger partial charge in [-0.3, -0.25) is 0 Å². The van der Waals surface area contributed by atoms with E-state index in [1.807, 2.05) is 13.8 Å². The van der Waals surface area contributed by atoms with Gasteiger partial charge < -0.3 is 9.80 Å². The van der Waals surface area contributed by atoms with Crippen molar-refractivity contribution in [3.8, 4) is 6.07 Å². The highest BCUT2D eigenvalue weighted by molar-refractivity contribution is 4.91. The quantitative estimate of drug-likeness (QED) is 0.735. The van der Waals surface area contributed by atoms with Crippen molar-refractivity contribution in [2.45, 2.75) is 45.6 Å². The Balaban J connectivity index is 2.21. The molecule has 1 aliphatic heterocycles. The van der Waals surface area contributed by atoms with E-state index in [-0.39, 0.29) is 5.41 Å². The SMILES string of the molecule is CN1CCC(N(C)CCCC(C)(C)C#N)CC1. The second-order valence-corrected chi connectivity index (χ2v) is 6.11. The van der Waals surface area contributed by atoms with E-state index >= 15 is 0 Å². The highest BCUT2D eigenvalue weighted by atomic mass is 15.2. The first-order valence-corrected chi connectivity index (χ1v) is 6.74. The van der Waals surface area contributed by atoms with Crippen LogP contribution in [0.25, 0.3) is 0 Å². The van der Waals surface area contributed by atoms with Gasteiger partial charge in [0.25, 0.3) is 0 Å². The monoisotopic (exact) mass is 237 g/mol. The lowest BCUT2D eigenvalue weighted by Gasteiger charge is -2.35. The average Bonchev–Trinajstić information content (AvgIpc) is 2.29. The van der Waals surface area contributed by atoms with Crippen molar-refractivity contribution in [3.05, 3.63) is 0 Å². The minimum Gasteiger partial charge on any atom is -0.306 e. The average molecular weight is 237 g/mol. The lowest BCUT2D eigenvalue weighted by Crippen LogP contribution is -2.42. The molecule has 0 radical (unpaired) electrons. The Bertz CT molecular complexity index is 259. The van der Waals surface area contributed by atoms with Crippen molar-refractivity contribution in [1.82, 2.24) is 9.80 Å². The molecule has 1 rings (SSSR count). The fourth-order valence-electron chi connectivity index (χ4n) is 2.44. The summed E-state index contributed by atoms with van der Waals surface area (Å²) in [6.45, 7) is 7.63. The topological polar surface area (TPSA) is 30.3 Å². The van der Waals surface area contributed by atoms with E-state index in [1.165, 1.54) is 25.9 Å². The third-order valence-electron chi connectivity index (χ3n) is 3.93. The summed E-state index contributed by atoms with van der Waals surface area (Å²) in [6, 6.07) is 3.12. The molecular weight excluding hydrogens is 210 g/mol. The molecule has 0 aliphatic carbocycles. The molecule has 0 saturated carbocycles. The number of rotatable bonds is 5. The van der Waals surface area contributed by atoms with Crippen LogP contribution >= 0.6 is 0 Å². The van der Waals surface area contributed by atoms with Crippen molar-refractivity contribution in [2.24, 2.45) is 5.41 Å². The molecule has 0 aromatic heterocycles. The highest BCUT2D eigenvalue weighted by Gasteiger charge is 2.21. The predicted molar refractivity (Wildman–Crippen MR) is 71.8 cm³/mol. The Labute approximate surface area is 106 Å². The summed E-state index contributed by atoms with van der Waals surface area (Å²) in [5.74, 6) is 0. The van der Waals surface area contributed by atoms with Gasteiger partial charge in [-0.25, -0.2) is 0 Å². The molecule has 0 unspecified atom stereocenters. The number of piperidine rings is 1. The molecule has 3 heteroatoms. The first kappa shape index (κ1) is 14.5. The minimum absolute atomic E-state index is 0.159. The molecule has 1 aliphatic rings. The molecule has 0 atom stereocenters. The van der Waals surface area contributed by atoms with Crippen LogP contribution in [0, 0.1) is 16.7 Å². The summed E-state index contributed by atoms with van der Waals surface area (Å²) in [5, 5.41) is 8.97. The third-order valence-corrected chi connectivity index (χ3v) is 3.93. The van der Waals surface area contributed by atoms with Gasteiger partial charge in [-0.15, -0.1) is 0 Å². The largest absolute Gasteiger partial charge is 0.306 e. The Morgan fingerprint density at radius 1 is 1.35 bits per heavy atom. The van der Waals surface area contributed by atoms with E-state index in [2.05, 4.69) is 30.0 Å². The number of nitriles is 1. The van der Waals surface area contributed by atoms with Crippen molar-refractivity contribution >= 4 is 0 Å². The zero-order chi connectivity index (χ0) is 12.9. The molecule has 1 heterocycles. The fraction of sp³-hybridized carbons (Fsp3) is 0.929. The summed E-state index contributed by atoms with van der Waals surface area (Å²) in [4.78, 5) is 4.89. The van der Waals surface area contributed by atoms with E-state index in [4.69, 9.17) is 5.26 Å². The first-order chi connectivity index (χ1) is 7.94.